The second-order valence-electron chi connectivity index (χ2n) is 3.57. The highest BCUT2D eigenvalue weighted by Crippen LogP contribution is 2.25. The first kappa shape index (κ1) is 11.3. The van der Waals surface area contributed by atoms with E-state index in [0.29, 0.717) is 0 Å². The summed E-state index contributed by atoms with van der Waals surface area (Å²) < 4.78 is 0. The molecule has 0 bridgehead atoms. The highest BCUT2D eigenvalue weighted by atomic mass is 35.5. The van der Waals surface area contributed by atoms with Crippen molar-refractivity contribution in [2.24, 2.45) is 0 Å². The van der Waals surface area contributed by atoms with Gasteiger partial charge in [-0.1, -0.05) is 17.7 Å². The minimum atomic E-state index is 0.741. The number of benzene rings is 1. The predicted octanol–water partition coefficient (Wildman–Crippen LogP) is 3.90. The molecule has 16 heavy (non-hydrogen) atoms. The molecule has 2 nitrogen and oxygen atoms in total. The normalized spacial score (nSPS) is 10.4. The van der Waals surface area contributed by atoms with Gasteiger partial charge in [0.05, 0.1) is 6.54 Å². The summed E-state index contributed by atoms with van der Waals surface area (Å²) in [7, 11) is 0. The molecular formula is C12H13ClN2S. The molecule has 84 valence electrons. The van der Waals surface area contributed by atoms with Crippen LogP contribution in [0.2, 0.25) is 5.02 Å². The van der Waals surface area contributed by atoms with Crippen LogP contribution in [0.15, 0.2) is 29.6 Å². The first-order valence-electron chi connectivity index (χ1n) is 4.99. The highest BCUT2D eigenvalue weighted by molar-refractivity contribution is 7.10. The molecule has 0 amide bonds. The van der Waals surface area contributed by atoms with E-state index < -0.39 is 0 Å². The van der Waals surface area contributed by atoms with E-state index in [2.05, 4.69) is 5.32 Å². The monoisotopic (exact) mass is 252 g/mol. The lowest BCUT2D eigenvalue weighted by molar-refractivity contribution is 1.18. The number of hydrogen-bond acceptors (Lipinski definition) is 3. The van der Waals surface area contributed by atoms with Gasteiger partial charge < -0.3 is 11.1 Å². The third-order valence-electron chi connectivity index (χ3n) is 2.49. The first-order chi connectivity index (χ1) is 7.68. The number of thiophene rings is 1. The molecule has 0 aliphatic rings. The van der Waals surface area contributed by atoms with E-state index in [0.717, 1.165) is 33.4 Å². The van der Waals surface area contributed by atoms with Gasteiger partial charge in [-0.15, -0.1) is 11.3 Å². The summed E-state index contributed by atoms with van der Waals surface area (Å²) in [4.78, 5) is 1.15. The van der Waals surface area contributed by atoms with E-state index in [1.54, 1.807) is 11.3 Å². The van der Waals surface area contributed by atoms with Crippen LogP contribution >= 0.6 is 22.9 Å². The molecule has 0 spiro atoms. The maximum atomic E-state index is 6.04. The Labute approximate surface area is 104 Å². The highest BCUT2D eigenvalue weighted by Gasteiger charge is 2.03. The summed E-state index contributed by atoms with van der Waals surface area (Å²) in [5.74, 6) is 0. The molecule has 2 aromatic rings. The second kappa shape index (κ2) is 4.76. The fourth-order valence-corrected chi connectivity index (χ4v) is 2.38. The Bertz CT molecular complexity index is 494. The van der Waals surface area contributed by atoms with Gasteiger partial charge in [0.1, 0.15) is 0 Å². The molecule has 1 heterocycles. The van der Waals surface area contributed by atoms with Crippen molar-refractivity contribution < 1.29 is 0 Å². The third-order valence-corrected chi connectivity index (χ3v) is 3.83. The number of nitrogen functional groups attached to an aromatic ring is 1. The molecule has 0 saturated carbocycles. The van der Waals surface area contributed by atoms with E-state index in [1.807, 2.05) is 36.6 Å². The van der Waals surface area contributed by atoms with E-state index in [-0.39, 0.29) is 0 Å². The largest absolute Gasteiger partial charge is 0.398 e. The van der Waals surface area contributed by atoms with Crippen LogP contribution in [0.4, 0.5) is 11.4 Å². The molecular weight excluding hydrogens is 240 g/mol. The Morgan fingerprint density at radius 2 is 2.19 bits per heavy atom. The van der Waals surface area contributed by atoms with E-state index in [1.165, 1.54) is 0 Å². The minimum Gasteiger partial charge on any atom is -0.398 e. The summed E-state index contributed by atoms with van der Waals surface area (Å²) >= 11 is 7.70. The van der Waals surface area contributed by atoms with E-state index in [4.69, 9.17) is 17.3 Å². The van der Waals surface area contributed by atoms with Crippen molar-refractivity contribution >= 4 is 34.3 Å². The van der Waals surface area contributed by atoms with Crippen molar-refractivity contribution in [1.29, 1.82) is 0 Å². The fourth-order valence-electron chi connectivity index (χ4n) is 1.47. The zero-order chi connectivity index (χ0) is 11.5. The molecule has 0 unspecified atom stereocenters. The van der Waals surface area contributed by atoms with Crippen LogP contribution in [0.1, 0.15) is 10.4 Å². The summed E-state index contributed by atoms with van der Waals surface area (Å²) in [5, 5.41) is 6.12. The van der Waals surface area contributed by atoms with Gasteiger partial charge >= 0.3 is 0 Å². The number of nitrogens with two attached hydrogens (primary N) is 1. The lowest BCUT2D eigenvalue weighted by Gasteiger charge is -2.10. The van der Waals surface area contributed by atoms with Crippen LogP contribution in [-0.2, 0) is 6.54 Å². The quantitative estimate of drug-likeness (QED) is 0.869. The van der Waals surface area contributed by atoms with Gasteiger partial charge in [-0.3, -0.25) is 0 Å². The molecule has 4 heteroatoms. The average molecular weight is 253 g/mol. The lowest BCUT2D eigenvalue weighted by Crippen LogP contribution is -2.01. The lowest BCUT2D eigenvalue weighted by atomic mass is 10.2. The van der Waals surface area contributed by atoms with Crippen LogP contribution in [-0.4, -0.2) is 0 Å². The van der Waals surface area contributed by atoms with Gasteiger partial charge in [0.15, 0.2) is 0 Å². The van der Waals surface area contributed by atoms with Crippen molar-refractivity contribution in [3.05, 3.63) is 45.1 Å². The van der Waals surface area contributed by atoms with Crippen LogP contribution in [0, 0.1) is 6.92 Å². The van der Waals surface area contributed by atoms with Crippen LogP contribution < -0.4 is 11.1 Å². The Hall–Kier alpha value is -1.19. The van der Waals surface area contributed by atoms with Crippen molar-refractivity contribution in [2.45, 2.75) is 13.5 Å². The number of rotatable bonds is 3. The topological polar surface area (TPSA) is 38.0 Å². The van der Waals surface area contributed by atoms with Gasteiger partial charge in [0.2, 0.25) is 0 Å². The number of hydrogen-bond donors (Lipinski definition) is 2. The van der Waals surface area contributed by atoms with E-state index >= 15 is 0 Å². The molecule has 0 aliphatic heterocycles. The van der Waals surface area contributed by atoms with Gasteiger partial charge in [0.25, 0.3) is 0 Å². The standard InChI is InChI=1S/C12H13ClN2S/c1-8-9(13)3-2-4-11(8)15-7-12-10(14)5-6-16-12/h2-6,15H,7,14H2,1H3. The third kappa shape index (κ3) is 2.31. The molecule has 2 rings (SSSR count). The second-order valence-corrected chi connectivity index (χ2v) is 4.97. The Morgan fingerprint density at radius 3 is 2.88 bits per heavy atom. The summed E-state index contributed by atoms with van der Waals surface area (Å²) in [5.41, 5.74) is 8.79. The zero-order valence-electron chi connectivity index (χ0n) is 8.96. The maximum Gasteiger partial charge on any atom is 0.0514 e. The molecule has 1 aromatic heterocycles. The number of nitrogens with one attached hydrogen (secondary N) is 1. The Balaban J connectivity index is 2.11. The van der Waals surface area contributed by atoms with Crippen LogP contribution in [0.5, 0.6) is 0 Å². The maximum absolute atomic E-state index is 6.04. The molecule has 0 aliphatic carbocycles. The molecule has 0 fully saturated rings. The van der Waals surface area contributed by atoms with Crippen molar-refractivity contribution in [3.8, 4) is 0 Å². The average Bonchev–Trinajstić information content (AvgIpc) is 2.67. The molecule has 3 N–H and O–H groups in total. The summed E-state index contributed by atoms with van der Waals surface area (Å²) in [6, 6.07) is 7.77. The van der Waals surface area contributed by atoms with Crippen LogP contribution in [0.25, 0.3) is 0 Å². The fraction of sp³-hybridized carbons (Fsp3) is 0.167. The SMILES string of the molecule is Cc1c(Cl)cccc1NCc1sccc1N. The number of halogens is 1. The molecule has 1 aromatic carbocycles. The number of anilines is 2. The van der Waals surface area contributed by atoms with E-state index in [9.17, 15) is 0 Å². The Morgan fingerprint density at radius 1 is 1.38 bits per heavy atom. The molecule has 0 saturated heterocycles. The van der Waals surface area contributed by atoms with Crippen molar-refractivity contribution in [3.63, 3.8) is 0 Å². The zero-order valence-corrected chi connectivity index (χ0v) is 10.5. The van der Waals surface area contributed by atoms with Crippen LogP contribution in [0.3, 0.4) is 0 Å². The molecule has 0 radical (unpaired) electrons. The predicted molar refractivity (Wildman–Crippen MR) is 72.2 cm³/mol. The summed E-state index contributed by atoms with van der Waals surface area (Å²) in [6.07, 6.45) is 0. The van der Waals surface area contributed by atoms with Crippen molar-refractivity contribution in [2.75, 3.05) is 11.1 Å². The van der Waals surface area contributed by atoms with Gasteiger partial charge in [-0.25, -0.2) is 0 Å². The van der Waals surface area contributed by atoms with Gasteiger partial charge in [-0.05, 0) is 36.1 Å². The summed E-state index contributed by atoms with van der Waals surface area (Å²) in [6.45, 7) is 2.74. The first-order valence-corrected chi connectivity index (χ1v) is 6.25. The minimum absolute atomic E-state index is 0.741. The van der Waals surface area contributed by atoms with Gasteiger partial charge in [0, 0.05) is 21.3 Å². The Kier molecular flexibility index (Phi) is 3.36. The van der Waals surface area contributed by atoms with Crippen molar-refractivity contribution in [1.82, 2.24) is 0 Å². The smallest absolute Gasteiger partial charge is 0.0514 e. The molecule has 0 atom stereocenters. The van der Waals surface area contributed by atoms with Gasteiger partial charge in [-0.2, -0.15) is 0 Å².